The van der Waals surface area contributed by atoms with Gasteiger partial charge in [0.05, 0.1) is 11.7 Å². The van der Waals surface area contributed by atoms with Crippen molar-refractivity contribution in [3.63, 3.8) is 0 Å². The number of hydrogen-bond donors (Lipinski definition) is 1. The molecule has 1 aromatic heterocycles. The molecule has 14 heavy (non-hydrogen) atoms. The number of halogens is 1. The molecule has 0 aliphatic rings. The quantitative estimate of drug-likeness (QED) is 0.768. The minimum Gasteiger partial charge on any atom is -0.300 e. The van der Waals surface area contributed by atoms with E-state index in [-0.39, 0.29) is 6.04 Å². The van der Waals surface area contributed by atoms with Crippen LogP contribution in [-0.2, 0) is 13.6 Å². The molecule has 0 saturated carbocycles. The lowest BCUT2D eigenvalue weighted by Gasteiger charge is -2.06. The van der Waals surface area contributed by atoms with E-state index in [9.17, 15) is 0 Å². The molecule has 76 valence electrons. The van der Waals surface area contributed by atoms with Crippen LogP contribution >= 0.6 is 11.6 Å². The van der Waals surface area contributed by atoms with E-state index in [2.05, 4.69) is 16.3 Å². The number of terminal acetylenes is 1. The van der Waals surface area contributed by atoms with Gasteiger partial charge in [-0.05, 0) is 13.8 Å². The van der Waals surface area contributed by atoms with Crippen molar-refractivity contribution in [1.29, 1.82) is 0 Å². The molecule has 0 radical (unpaired) electrons. The molecule has 1 atom stereocenters. The van der Waals surface area contributed by atoms with Crippen LogP contribution in [0.5, 0.6) is 0 Å². The molecule has 0 spiro atoms. The van der Waals surface area contributed by atoms with Crippen LogP contribution in [-0.4, -0.2) is 15.8 Å². The summed E-state index contributed by atoms with van der Waals surface area (Å²) in [7, 11) is 1.82. The van der Waals surface area contributed by atoms with Gasteiger partial charge in [0.2, 0.25) is 0 Å². The molecule has 0 fully saturated rings. The summed E-state index contributed by atoms with van der Waals surface area (Å²) >= 11 is 6.05. The molecule has 1 N–H and O–H groups in total. The van der Waals surface area contributed by atoms with Gasteiger partial charge in [0, 0.05) is 19.2 Å². The Labute approximate surface area is 89.4 Å². The number of aromatic nitrogens is 2. The van der Waals surface area contributed by atoms with Gasteiger partial charge in [-0.1, -0.05) is 17.5 Å². The second-order valence-electron chi connectivity index (χ2n) is 3.25. The first-order chi connectivity index (χ1) is 6.56. The number of nitrogens with one attached hydrogen (secondary N) is 1. The van der Waals surface area contributed by atoms with E-state index < -0.39 is 0 Å². The summed E-state index contributed by atoms with van der Waals surface area (Å²) in [6.07, 6.45) is 5.25. The Morgan fingerprint density at radius 2 is 2.36 bits per heavy atom. The van der Waals surface area contributed by atoms with E-state index in [0.29, 0.717) is 11.7 Å². The maximum atomic E-state index is 6.05. The van der Waals surface area contributed by atoms with Crippen LogP contribution in [0.1, 0.15) is 18.2 Å². The molecule has 0 aliphatic heterocycles. The number of rotatable bonds is 3. The zero-order chi connectivity index (χ0) is 10.7. The van der Waals surface area contributed by atoms with Gasteiger partial charge >= 0.3 is 0 Å². The summed E-state index contributed by atoms with van der Waals surface area (Å²) < 4.78 is 1.66. The fourth-order valence-electron chi connectivity index (χ4n) is 1.19. The first-order valence-electron chi connectivity index (χ1n) is 4.43. The van der Waals surface area contributed by atoms with Crippen LogP contribution < -0.4 is 5.32 Å². The van der Waals surface area contributed by atoms with Crippen molar-refractivity contribution < 1.29 is 0 Å². The molecule has 0 bridgehead atoms. The third-order valence-corrected chi connectivity index (χ3v) is 2.58. The van der Waals surface area contributed by atoms with Crippen molar-refractivity contribution in [3.05, 3.63) is 16.4 Å². The molecule has 1 unspecified atom stereocenters. The van der Waals surface area contributed by atoms with Crippen LogP contribution in [0.4, 0.5) is 0 Å². The van der Waals surface area contributed by atoms with E-state index in [0.717, 1.165) is 11.3 Å². The van der Waals surface area contributed by atoms with Gasteiger partial charge in [-0.3, -0.25) is 10.00 Å². The van der Waals surface area contributed by atoms with Gasteiger partial charge in [0.25, 0.3) is 0 Å². The lowest BCUT2D eigenvalue weighted by molar-refractivity contribution is 0.646. The van der Waals surface area contributed by atoms with Crippen LogP contribution in [0.3, 0.4) is 0 Å². The van der Waals surface area contributed by atoms with E-state index in [1.54, 1.807) is 4.68 Å². The highest BCUT2D eigenvalue weighted by molar-refractivity contribution is 6.30. The molecule has 0 saturated heterocycles. The molecule has 0 aliphatic carbocycles. The summed E-state index contributed by atoms with van der Waals surface area (Å²) in [4.78, 5) is 0. The Kier molecular flexibility index (Phi) is 3.56. The zero-order valence-electron chi connectivity index (χ0n) is 8.63. The normalized spacial score (nSPS) is 12.5. The molecular formula is C10H14ClN3. The Morgan fingerprint density at radius 3 is 2.79 bits per heavy atom. The summed E-state index contributed by atoms with van der Waals surface area (Å²) in [6, 6.07) is 0.0469. The van der Waals surface area contributed by atoms with Crippen molar-refractivity contribution >= 4 is 11.6 Å². The second kappa shape index (κ2) is 4.50. The first-order valence-corrected chi connectivity index (χ1v) is 4.81. The smallest absolute Gasteiger partial charge is 0.131 e. The van der Waals surface area contributed by atoms with Crippen molar-refractivity contribution in [2.24, 2.45) is 7.05 Å². The topological polar surface area (TPSA) is 29.9 Å². The van der Waals surface area contributed by atoms with Crippen LogP contribution in [0, 0.1) is 19.3 Å². The van der Waals surface area contributed by atoms with Gasteiger partial charge in [0.1, 0.15) is 5.15 Å². The Bertz CT molecular complexity index is 362. The molecule has 3 nitrogen and oxygen atoms in total. The molecule has 0 amide bonds. The highest BCUT2D eigenvalue weighted by Crippen LogP contribution is 2.18. The monoisotopic (exact) mass is 211 g/mol. The molecular weight excluding hydrogens is 198 g/mol. The Morgan fingerprint density at radius 1 is 1.71 bits per heavy atom. The minimum atomic E-state index is 0.0469. The van der Waals surface area contributed by atoms with E-state index in [4.69, 9.17) is 18.0 Å². The summed E-state index contributed by atoms with van der Waals surface area (Å²) in [5.41, 5.74) is 1.95. The van der Waals surface area contributed by atoms with E-state index >= 15 is 0 Å². The zero-order valence-corrected chi connectivity index (χ0v) is 9.39. The Hall–Kier alpha value is -0.980. The molecule has 1 aromatic rings. The van der Waals surface area contributed by atoms with Crippen LogP contribution in [0.2, 0.25) is 5.15 Å². The summed E-state index contributed by atoms with van der Waals surface area (Å²) in [5, 5.41) is 8.04. The summed E-state index contributed by atoms with van der Waals surface area (Å²) in [6.45, 7) is 4.52. The second-order valence-corrected chi connectivity index (χ2v) is 3.61. The lowest BCUT2D eigenvalue weighted by atomic mass is 10.2. The Balaban J connectivity index is 2.73. The average molecular weight is 212 g/mol. The van der Waals surface area contributed by atoms with Crippen molar-refractivity contribution in [1.82, 2.24) is 15.1 Å². The first kappa shape index (κ1) is 11.1. The van der Waals surface area contributed by atoms with Crippen LogP contribution in [0.15, 0.2) is 0 Å². The third-order valence-electron chi connectivity index (χ3n) is 2.10. The van der Waals surface area contributed by atoms with Gasteiger partial charge in [0.15, 0.2) is 0 Å². The highest BCUT2D eigenvalue weighted by atomic mass is 35.5. The van der Waals surface area contributed by atoms with Crippen molar-refractivity contribution in [3.8, 4) is 12.3 Å². The minimum absolute atomic E-state index is 0.0469. The van der Waals surface area contributed by atoms with Crippen molar-refractivity contribution in [2.45, 2.75) is 26.4 Å². The van der Waals surface area contributed by atoms with Gasteiger partial charge < -0.3 is 0 Å². The SMILES string of the molecule is C#CC(C)NCc1c(C)nn(C)c1Cl. The molecule has 1 heterocycles. The highest BCUT2D eigenvalue weighted by Gasteiger charge is 2.10. The summed E-state index contributed by atoms with van der Waals surface area (Å²) in [5.74, 6) is 2.60. The predicted octanol–water partition coefficient (Wildman–Crippen LogP) is 1.49. The fourth-order valence-corrected chi connectivity index (χ4v) is 1.43. The molecule has 0 aromatic carbocycles. The maximum Gasteiger partial charge on any atom is 0.131 e. The van der Waals surface area contributed by atoms with Gasteiger partial charge in [-0.15, -0.1) is 6.42 Å². The number of nitrogens with zero attached hydrogens (tertiary/aromatic N) is 2. The number of aryl methyl sites for hydroxylation is 2. The van der Waals surface area contributed by atoms with E-state index in [1.165, 1.54) is 0 Å². The lowest BCUT2D eigenvalue weighted by Crippen LogP contribution is -2.23. The number of hydrogen-bond acceptors (Lipinski definition) is 2. The third kappa shape index (κ3) is 2.28. The van der Waals surface area contributed by atoms with Crippen LogP contribution in [0.25, 0.3) is 0 Å². The molecule has 1 rings (SSSR count). The van der Waals surface area contributed by atoms with Gasteiger partial charge in [-0.2, -0.15) is 5.10 Å². The van der Waals surface area contributed by atoms with E-state index in [1.807, 2.05) is 20.9 Å². The fraction of sp³-hybridized carbons (Fsp3) is 0.500. The van der Waals surface area contributed by atoms with Gasteiger partial charge in [-0.25, -0.2) is 0 Å². The average Bonchev–Trinajstić information content (AvgIpc) is 2.39. The molecule has 4 heteroatoms. The maximum absolute atomic E-state index is 6.05. The standard InChI is InChI=1S/C10H14ClN3/c1-5-7(2)12-6-9-8(3)13-14(4)10(9)11/h1,7,12H,6H2,2-4H3. The van der Waals surface area contributed by atoms with Crippen molar-refractivity contribution in [2.75, 3.05) is 0 Å². The largest absolute Gasteiger partial charge is 0.300 e. The predicted molar refractivity (Wildman–Crippen MR) is 58.1 cm³/mol.